The maximum Gasteiger partial charge on any atom is 0.418 e. The predicted octanol–water partition coefficient (Wildman–Crippen LogP) is 4.83. The number of alkyl halides is 3. The van der Waals surface area contributed by atoms with Gasteiger partial charge in [-0.3, -0.25) is 24.3 Å². The normalized spacial score (nSPS) is 20.3. The van der Waals surface area contributed by atoms with Crippen molar-refractivity contribution in [1.82, 2.24) is 24.5 Å². The number of anilines is 2. The highest BCUT2D eigenvalue weighted by molar-refractivity contribution is 6.33. The van der Waals surface area contributed by atoms with E-state index in [0.717, 1.165) is 43.2 Å². The number of halogens is 4. The van der Waals surface area contributed by atoms with Crippen LogP contribution in [0.5, 0.6) is 0 Å². The summed E-state index contributed by atoms with van der Waals surface area (Å²) < 4.78 is 52.6. The molecule has 13 nitrogen and oxygen atoms in total. The van der Waals surface area contributed by atoms with Gasteiger partial charge in [-0.2, -0.15) is 13.2 Å². The molecule has 4 aliphatic heterocycles. The highest BCUT2D eigenvalue weighted by atomic mass is 35.5. The molecule has 300 valence electrons. The summed E-state index contributed by atoms with van der Waals surface area (Å²) in [6.07, 6.45) is -3.58. The van der Waals surface area contributed by atoms with Crippen molar-refractivity contribution in [1.29, 1.82) is 0 Å². The zero-order valence-corrected chi connectivity index (χ0v) is 31.7. The van der Waals surface area contributed by atoms with E-state index in [1.807, 2.05) is 29.2 Å². The number of nitrogen functional groups attached to an aromatic ring is 1. The minimum Gasteiger partial charge on any atom is -0.465 e. The number of benzene rings is 2. The van der Waals surface area contributed by atoms with E-state index in [1.54, 1.807) is 11.8 Å². The number of likely N-dealkylation sites (tertiary alicyclic amines) is 2. The molecule has 4 aliphatic rings. The summed E-state index contributed by atoms with van der Waals surface area (Å²) in [5.74, 6) is -1.04. The topological polar surface area (TPSA) is 141 Å². The van der Waals surface area contributed by atoms with Gasteiger partial charge >= 0.3 is 24.3 Å². The molecule has 0 aromatic heterocycles. The third-order valence-corrected chi connectivity index (χ3v) is 11.4. The molecule has 0 aliphatic carbocycles. The summed E-state index contributed by atoms with van der Waals surface area (Å²) in [4.78, 5) is 62.4. The number of ether oxygens (including phenoxy) is 2. The lowest BCUT2D eigenvalue weighted by Gasteiger charge is -2.43. The van der Waals surface area contributed by atoms with Crippen molar-refractivity contribution in [3.05, 3.63) is 58.1 Å². The van der Waals surface area contributed by atoms with Crippen molar-refractivity contribution in [2.24, 2.45) is 0 Å². The first-order valence-electron chi connectivity index (χ1n) is 19.0. The summed E-state index contributed by atoms with van der Waals surface area (Å²) in [7, 11) is 0. The number of carbonyl (C=O) groups excluding carboxylic acids is 4. The van der Waals surface area contributed by atoms with E-state index in [4.69, 9.17) is 26.8 Å². The van der Waals surface area contributed by atoms with E-state index < -0.39 is 40.4 Å². The maximum absolute atomic E-state index is 14.0. The molecule has 3 N–H and O–H groups in total. The highest BCUT2D eigenvalue weighted by Gasteiger charge is 2.38. The molecule has 1 atom stereocenters. The highest BCUT2D eigenvalue weighted by Crippen LogP contribution is 2.38. The van der Waals surface area contributed by atoms with Crippen molar-refractivity contribution < 1.29 is 41.8 Å². The van der Waals surface area contributed by atoms with E-state index in [1.165, 1.54) is 4.90 Å². The Balaban J connectivity index is 1.08. The van der Waals surface area contributed by atoms with Crippen LogP contribution in [0.15, 0.2) is 36.4 Å². The number of urea groups is 1. The van der Waals surface area contributed by atoms with Crippen molar-refractivity contribution in [2.75, 3.05) is 89.6 Å². The number of nitrogens with one attached hydrogen (secondary N) is 1. The smallest absolute Gasteiger partial charge is 0.418 e. The number of Topliss-reactive ketones (excluding diaryl/α,β-unsaturated/α-hetero) is 1. The van der Waals surface area contributed by atoms with Crippen molar-refractivity contribution in [3.8, 4) is 0 Å². The molecule has 0 spiro atoms. The number of esters is 1. The van der Waals surface area contributed by atoms with Crippen LogP contribution in [0, 0.1) is 0 Å². The van der Waals surface area contributed by atoms with Crippen LogP contribution in [-0.4, -0.2) is 145 Å². The van der Waals surface area contributed by atoms with Gasteiger partial charge < -0.3 is 30.3 Å². The predicted molar refractivity (Wildman–Crippen MR) is 200 cm³/mol. The number of para-hydroxylation sites is 1. The summed E-state index contributed by atoms with van der Waals surface area (Å²) >= 11 is 6.09. The number of ketones is 1. The minimum absolute atomic E-state index is 0.0231. The molecule has 2 aromatic rings. The Morgan fingerprint density at radius 2 is 1.60 bits per heavy atom. The van der Waals surface area contributed by atoms with Gasteiger partial charge in [0.05, 0.1) is 29.4 Å². The zero-order chi connectivity index (χ0) is 39.3. The second-order valence-electron chi connectivity index (χ2n) is 14.6. The van der Waals surface area contributed by atoms with Crippen molar-refractivity contribution in [3.63, 3.8) is 0 Å². The molecule has 0 radical (unpaired) electrons. The molecule has 6 rings (SSSR count). The molecule has 0 saturated carbocycles. The average Bonchev–Trinajstić information content (AvgIpc) is 3.33. The van der Waals surface area contributed by atoms with Gasteiger partial charge in [-0.1, -0.05) is 29.8 Å². The second kappa shape index (κ2) is 17.8. The molecular weight excluding hydrogens is 743 g/mol. The second-order valence-corrected chi connectivity index (χ2v) is 15.0. The molecule has 4 heterocycles. The molecule has 2 aromatic carbocycles. The maximum atomic E-state index is 14.0. The third kappa shape index (κ3) is 10.0. The number of fused-ring (bicyclic) bond motifs is 1. The number of nitrogens with two attached hydrogens (primary N) is 1. The Bertz CT molecular complexity index is 1710. The Morgan fingerprint density at radius 3 is 2.27 bits per heavy atom. The minimum atomic E-state index is -4.86. The molecule has 3 fully saturated rings. The fourth-order valence-electron chi connectivity index (χ4n) is 8.03. The van der Waals surface area contributed by atoms with Crippen molar-refractivity contribution in [2.45, 2.75) is 63.4 Å². The average molecular weight is 792 g/mol. The van der Waals surface area contributed by atoms with Crippen LogP contribution >= 0.6 is 11.6 Å². The van der Waals surface area contributed by atoms with Gasteiger partial charge in [0, 0.05) is 88.8 Å². The first-order valence-corrected chi connectivity index (χ1v) is 19.3. The number of rotatable bonds is 10. The lowest BCUT2D eigenvalue weighted by atomic mass is 10.0. The number of piperidine rings is 2. The van der Waals surface area contributed by atoms with Crippen LogP contribution in [0.25, 0.3) is 0 Å². The SMILES string of the molecule is CCOC(=O)CN1CCC(N2CCN(C[C@@H](OC(=O)N3CCC(N4CCc5ccccc5NC4=O)CC3)C(=O)c3cc(Cl)c(N)c(C(F)(F)F)c3)CC2)CC1. The Morgan fingerprint density at radius 1 is 0.927 bits per heavy atom. The van der Waals surface area contributed by atoms with Gasteiger partial charge in [-0.25, -0.2) is 9.59 Å². The lowest BCUT2D eigenvalue weighted by Crippen LogP contribution is -2.55. The zero-order valence-electron chi connectivity index (χ0n) is 31.0. The number of carbonyl (C=O) groups is 4. The molecule has 55 heavy (non-hydrogen) atoms. The Kier molecular flexibility index (Phi) is 13.1. The fourth-order valence-corrected chi connectivity index (χ4v) is 8.25. The number of nitrogens with zero attached hydrogens (tertiary/aromatic N) is 5. The van der Waals surface area contributed by atoms with Gasteiger partial charge in [0.2, 0.25) is 5.78 Å². The summed E-state index contributed by atoms with van der Waals surface area (Å²) in [6, 6.07) is 9.41. The summed E-state index contributed by atoms with van der Waals surface area (Å²) in [5.41, 5.74) is 5.19. The van der Waals surface area contributed by atoms with Crippen LogP contribution in [0.3, 0.4) is 0 Å². The van der Waals surface area contributed by atoms with Gasteiger partial charge in [0.25, 0.3) is 0 Å². The standard InChI is InChI=1S/C38H49ClF3N7O6/c1-2-54-33(50)24-45-12-8-27(9-13-45)47-19-17-46(18-20-47)23-32(35(51)26-21-29(38(40,41)42)34(43)30(39)22-26)55-37(53)48-14-10-28(11-15-48)49-16-7-25-5-3-4-6-31(25)44-36(49)52/h3-6,21-22,27-28,32H,2,7-20,23-24,43H2,1H3,(H,44,52)/t32-/m1/s1. The summed E-state index contributed by atoms with van der Waals surface area (Å²) in [5, 5.41) is 2.56. The first kappa shape index (κ1) is 40.5. The monoisotopic (exact) mass is 791 g/mol. The molecule has 3 amide bonds. The van der Waals surface area contributed by atoms with Crippen LogP contribution < -0.4 is 11.1 Å². The molecule has 0 bridgehead atoms. The number of hydrogen-bond acceptors (Lipinski definition) is 10. The molecule has 3 saturated heterocycles. The number of amides is 3. The van der Waals surface area contributed by atoms with Crippen LogP contribution in [-0.2, 0) is 26.9 Å². The van der Waals surface area contributed by atoms with Crippen LogP contribution in [0.4, 0.5) is 34.1 Å². The van der Waals surface area contributed by atoms with Crippen LogP contribution in [0.1, 0.15) is 54.1 Å². The van der Waals surface area contributed by atoms with Gasteiger partial charge in [0.15, 0.2) is 6.10 Å². The fraction of sp³-hybridized carbons (Fsp3) is 0.579. The number of piperazine rings is 1. The Labute approximate surface area is 323 Å². The van der Waals surface area contributed by atoms with Gasteiger partial charge in [-0.05, 0) is 62.8 Å². The number of hydrogen-bond donors (Lipinski definition) is 2. The van der Waals surface area contributed by atoms with Gasteiger partial charge in [0.1, 0.15) is 0 Å². The first-order chi connectivity index (χ1) is 26.3. The van der Waals surface area contributed by atoms with E-state index in [9.17, 15) is 32.3 Å². The van der Waals surface area contributed by atoms with E-state index in [-0.39, 0.29) is 49.8 Å². The van der Waals surface area contributed by atoms with E-state index in [0.29, 0.717) is 70.7 Å². The lowest BCUT2D eigenvalue weighted by molar-refractivity contribution is -0.145. The Hall–Kier alpha value is -4.12. The van der Waals surface area contributed by atoms with Gasteiger partial charge in [-0.15, -0.1) is 0 Å². The van der Waals surface area contributed by atoms with E-state index in [2.05, 4.69) is 15.1 Å². The largest absolute Gasteiger partial charge is 0.465 e. The molecule has 0 unspecified atom stereocenters. The summed E-state index contributed by atoms with van der Waals surface area (Å²) in [6.45, 7) is 7.47. The third-order valence-electron chi connectivity index (χ3n) is 11.1. The quantitative estimate of drug-likeness (QED) is 0.196. The van der Waals surface area contributed by atoms with E-state index >= 15 is 0 Å². The molecular formula is C38H49ClF3N7O6. The van der Waals surface area contributed by atoms with Crippen LogP contribution in [0.2, 0.25) is 5.02 Å². The van der Waals surface area contributed by atoms with Crippen molar-refractivity contribution >= 4 is 46.9 Å². The molecule has 17 heteroatoms.